The lowest BCUT2D eigenvalue weighted by Gasteiger charge is -2.08. The Morgan fingerprint density at radius 2 is 2.21 bits per heavy atom. The molecule has 2 rings (SSSR count). The zero-order valence-corrected chi connectivity index (χ0v) is 8.71. The molecule has 1 aromatic rings. The first kappa shape index (κ1) is 9.52. The predicted octanol–water partition coefficient (Wildman–Crippen LogP) is 1.81. The lowest BCUT2D eigenvalue weighted by Crippen LogP contribution is -2.06. The molecule has 0 atom stereocenters. The van der Waals surface area contributed by atoms with E-state index in [9.17, 15) is 0 Å². The van der Waals surface area contributed by atoms with Crippen LogP contribution in [0.3, 0.4) is 0 Å². The third kappa shape index (κ3) is 2.07. The monoisotopic (exact) mass is 213 g/mol. The van der Waals surface area contributed by atoms with Crippen molar-refractivity contribution in [2.45, 2.75) is 19.8 Å². The van der Waals surface area contributed by atoms with Crippen LogP contribution in [0.5, 0.6) is 5.88 Å². The fourth-order valence-corrected chi connectivity index (χ4v) is 1.32. The smallest absolute Gasteiger partial charge is 0.241 e. The molecule has 0 amide bonds. The molecule has 1 heterocycles. The van der Waals surface area contributed by atoms with E-state index in [1.807, 2.05) is 0 Å². The van der Waals surface area contributed by atoms with Crippen molar-refractivity contribution in [2.75, 3.05) is 12.3 Å². The van der Waals surface area contributed by atoms with E-state index in [0.717, 1.165) is 0 Å². The van der Waals surface area contributed by atoms with Gasteiger partial charge in [0.2, 0.25) is 11.2 Å². The largest absolute Gasteiger partial charge is 0.476 e. The van der Waals surface area contributed by atoms with Crippen molar-refractivity contribution < 1.29 is 4.74 Å². The highest BCUT2D eigenvalue weighted by Crippen LogP contribution is 2.31. The zero-order valence-electron chi connectivity index (χ0n) is 7.96. The zero-order chi connectivity index (χ0) is 10.1. The summed E-state index contributed by atoms with van der Waals surface area (Å²) in [5.74, 6) is 1.08. The summed E-state index contributed by atoms with van der Waals surface area (Å²) in [7, 11) is 0. The summed E-state index contributed by atoms with van der Waals surface area (Å²) in [6, 6.07) is 0. The van der Waals surface area contributed by atoms with Crippen molar-refractivity contribution in [2.24, 2.45) is 5.92 Å². The first-order chi connectivity index (χ1) is 6.66. The van der Waals surface area contributed by atoms with Crippen LogP contribution in [0.1, 0.15) is 18.5 Å². The molecule has 1 aromatic heterocycles. The number of hydrogen-bond acceptors (Lipinski definition) is 4. The van der Waals surface area contributed by atoms with Crippen molar-refractivity contribution in [3.63, 3.8) is 0 Å². The lowest BCUT2D eigenvalue weighted by molar-refractivity contribution is 0.289. The molecule has 1 aliphatic carbocycles. The molecule has 1 saturated carbocycles. The summed E-state index contributed by atoms with van der Waals surface area (Å²) in [6.45, 7) is 2.46. The number of halogens is 1. The maximum Gasteiger partial charge on any atom is 0.241 e. The second-order valence-electron chi connectivity index (χ2n) is 3.55. The molecule has 0 aromatic carbocycles. The Bertz CT molecular complexity index is 352. The van der Waals surface area contributed by atoms with Gasteiger partial charge in [0.25, 0.3) is 0 Å². The van der Waals surface area contributed by atoms with Gasteiger partial charge in [-0.15, -0.1) is 0 Å². The normalized spacial score (nSPS) is 15.6. The standard InChI is InChI=1S/C9H12ClN3O/c1-5-7(11)8(13-9(10)12-5)14-4-6-2-3-6/h6H,2-4,11H2,1H3. The topological polar surface area (TPSA) is 61.0 Å². The van der Waals surface area contributed by atoms with Crippen LogP contribution < -0.4 is 10.5 Å². The van der Waals surface area contributed by atoms with E-state index in [-0.39, 0.29) is 5.28 Å². The van der Waals surface area contributed by atoms with Crippen molar-refractivity contribution in [1.29, 1.82) is 0 Å². The molecule has 1 fully saturated rings. The van der Waals surface area contributed by atoms with Crippen LogP contribution >= 0.6 is 11.6 Å². The number of ether oxygens (including phenoxy) is 1. The molecule has 0 aliphatic heterocycles. The van der Waals surface area contributed by atoms with E-state index >= 15 is 0 Å². The van der Waals surface area contributed by atoms with Crippen LogP contribution in [0, 0.1) is 12.8 Å². The summed E-state index contributed by atoms with van der Waals surface area (Å²) in [4.78, 5) is 7.87. The molecule has 5 heteroatoms. The average molecular weight is 214 g/mol. The third-order valence-electron chi connectivity index (χ3n) is 2.23. The van der Waals surface area contributed by atoms with Crippen LogP contribution in [-0.4, -0.2) is 16.6 Å². The second-order valence-corrected chi connectivity index (χ2v) is 3.89. The molecule has 0 saturated heterocycles. The summed E-state index contributed by atoms with van der Waals surface area (Å²) in [6.07, 6.45) is 2.47. The summed E-state index contributed by atoms with van der Waals surface area (Å²) < 4.78 is 5.46. The molecule has 0 unspecified atom stereocenters. The number of rotatable bonds is 3. The van der Waals surface area contributed by atoms with Gasteiger partial charge in [0.15, 0.2) is 0 Å². The van der Waals surface area contributed by atoms with Crippen molar-refractivity contribution in [3.05, 3.63) is 11.0 Å². The fraction of sp³-hybridized carbons (Fsp3) is 0.556. The molecule has 2 N–H and O–H groups in total. The number of aryl methyl sites for hydroxylation is 1. The van der Waals surface area contributed by atoms with Crippen LogP contribution in [0.4, 0.5) is 5.69 Å². The Balaban J connectivity index is 2.13. The molecule has 1 aliphatic rings. The van der Waals surface area contributed by atoms with Gasteiger partial charge in [-0.05, 0) is 37.3 Å². The van der Waals surface area contributed by atoms with Crippen LogP contribution in [0.25, 0.3) is 0 Å². The maximum absolute atomic E-state index is 5.75. The van der Waals surface area contributed by atoms with Crippen molar-refractivity contribution >= 4 is 17.3 Å². The third-order valence-corrected chi connectivity index (χ3v) is 2.40. The summed E-state index contributed by atoms with van der Waals surface area (Å²) >= 11 is 5.70. The second kappa shape index (κ2) is 3.61. The summed E-state index contributed by atoms with van der Waals surface area (Å²) in [5, 5.41) is 0.183. The Morgan fingerprint density at radius 3 is 2.86 bits per heavy atom. The highest BCUT2D eigenvalue weighted by atomic mass is 35.5. The molecular weight excluding hydrogens is 202 g/mol. The van der Waals surface area contributed by atoms with Gasteiger partial charge in [-0.1, -0.05) is 0 Å². The minimum atomic E-state index is 0.183. The number of nitrogens with zero attached hydrogens (tertiary/aromatic N) is 2. The Labute approximate surface area is 87.4 Å². The van der Waals surface area contributed by atoms with Gasteiger partial charge in [-0.25, -0.2) is 4.98 Å². The van der Waals surface area contributed by atoms with E-state index < -0.39 is 0 Å². The number of anilines is 1. The van der Waals surface area contributed by atoms with E-state index in [1.165, 1.54) is 12.8 Å². The molecular formula is C9H12ClN3O. The summed E-state index contributed by atoms with van der Waals surface area (Å²) in [5.41, 5.74) is 6.89. The first-order valence-corrected chi connectivity index (χ1v) is 4.97. The molecule has 0 radical (unpaired) electrons. The van der Waals surface area contributed by atoms with Crippen LogP contribution in [0.15, 0.2) is 0 Å². The average Bonchev–Trinajstić information content (AvgIpc) is 2.92. The van der Waals surface area contributed by atoms with Gasteiger partial charge in [-0.3, -0.25) is 0 Å². The number of nitrogen functional groups attached to an aromatic ring is 1. The van der Waals surface area contributed by atoms with E-state index in [1.54, 1.807) is 6.92 Å². The Hall–Kier alpha value is -1.03. The minimum Gasteiger partial charge on any atom is -0.476 e. The maximum atomic E-state index is 5.75. The SMILES string of the molecule is Cc1nc(Cl)nc(OCC2CC2)c1N. The Morgan fingerprint density at radius 1 is 1.50 bits per heavy atom. The molecule has 4 nitrogen and oxygen atoms in total. The molecule has 0 bridgehead atoms. The van der Waals surface area contributed by atoms with Crippen LogP contribution in [-0.2, 0) is 0 Å². The van der Waals surface area contributed by atoms with Gasteiger partial charge in [-0.2, -0.15) is 4.98 Å². The van der Waals surface area contributed by atoms with Gasteiger partial charge in [0, 0.05) is 0 Å². The Kier molecular flexibility index (Phi) is 2.46. The predicted molar refractivity (Wildman–Crippen MR) is 54.4 cm³/mol. The van der Waals surface area contributed by atoms with E-state index in [4.69, 9.17) is 22.1 Å². The van der Waals surface area contributed by atoms with Gasteiger partial charge in [0.1, 0.15) is 5.69 Å². The van der Waals surface area contributed by atoms with Gasteiger partial charge in [0.05, 0.1) is 12.3 Å². The lowest BCUT2D eigenvalue weighted by atomic mass is 10.4. The molecule has 0 spiro atoms. The highest BCUT2D eigenvalue weighted by Gasteiger charge is 2.23. The first-order valence-electron chi connectivity index (χ1n) is 4.59. The van der Waals surface area contributed by atoms with E-state index in [0.29, 0.717) is 29.8 Å². The molecule has 14 heavy (non-hydrogen) atoms. The molecule has 76 valence electrons. The van der Waals surface area contributed by atoms with Crippen molar-refractivity contribution in [1.82, 2.24) is 9.97 Å². The minimum absolute atomic E-state index is 0.183. The quantitative estimate of drug-likeness (QED) is 0.778. The van der Waals surface area contributed by atoms with Crippen LogP contribution in [0.2, 0.25) is 5.28 Å². The highest BCUT2D eigenvalue weighted by molar-refractivity contribution is 6.28. The number of hydrogen-bond donors (Lipinski definition) is 1. The van der Waals surface area contributed by atoms with E-state index in [2.05, 4.69) is 9.97 Å². The van der Waals surface area contributed by atoms with Gasteiger partial charge >= 0.3 is 0 Å². The fourth-order valence-electron chi connectivity index (χ4n) is 1.11. The number of aromatic nitrogens is 2. The number of nitrogens with two attached hydrogens (primary N) is 1. The van der Waals surface area contributed by atoms with Crippen molar-refractivity contribution in [3.8, 4) is 5.88 Å². The van der Waals surface area contributed by atoms with Gasteiger partial charge < -0.3 is 10.5 Å².